The van der Waals surface area contributed by atoms with E-state index in [0.717, 1.165) is 38.4 Å². The lowest BCUT2D eigenvalue weighted by atomic mass is 10.0. The molecule has 0 aromatic heterocycles. The summed E-state index contributed by atoms with van der Waals surface area (Å²) in [7, 11) is -3.89. The van der Waals surface area contributed by atoms with Crippen LogP contribution in [-0.4, -0.2) is 51.8 Å². The number of nitrogens with zero attached hydrogens (tertiary/aromatic N) is 2. The third kappa shape index (κ3) is 5.06. The number of hydrogen-bond donors (Lipinski definition) is 1. The lowest BCUT2D eigenvalue weighted by molar-refractivity contribution is 0.101. The highest BCUT2D eigenvalue weighted by Crippen LogP contribution is 2.29. The van der Waals surface area contributed by atoms with Crippen molar-refractivity contribution in [2.75, 3.05) is 37.6 Å². The third-order valence-electron chi connectivity index (χ3n) is 5.50. The Balaban J connectivity index is 1.86. The van der Waals surface area contributed by atoms with Gasteiger partial charge in [-0.05, 0) is 56.3 Å². The van der Waals surface area contributed by atoms with Crippen molar-refractivity contribution < 1.29 is 17.6 Å². The average molecular weight is 434 g/mol. The van der Waals surface area contributed by atoms with E-state index in [4.69, 9.17) is 0 Å². The van der Waals surface area contributed by atoms with Crippen LogP contribution in [0.1, 0.15) is 42.7 Å². The molecule has 0 unspecified atom stereocenters. The van der Waals surface area contributed by atoms with Gasteiger partial charge in [0, 0.05) is 43.5 Å². The lowest BCUT2D eigenvalue weighted by Crippen LogP contribution is -2.46. The van der Waals surface area contributed by atoms with E-state index in [1.165, 1.54) is 37.3 Å². The summed E-state index contributed by atoms with van der Waals surface area (Å²) in [6.45, 7) is 9.61. The van der Waals surface area contributed by atoms with Gasteiger partial charge in [-0.1, -0.05) is 19.1 Å². The van der Waals surface area contributed by atoms with Crippen LogP contribution in [0.5, 0.6) is 0 Å². The molecule has 0 spiro atoms. The van der Waals surface area contributed by atoms with Gasteiger partial charge >= 0.3 is 0 Å². The van der Waals surface area contributed by atoms with Crippen molar-refractivity contribution in [2.24, 2.45) is 0 Å². The van der Waals surface area contributed by atoms with Gasteiger partial charge in [0.25, 0.3) is 0 Å². The maximum absolute atomic E-state index is 14.0. The van der Waals surface area contributed by atoms with Gasteiger partial charge in [-0.25, -0.2) is 17.5 Å². The van der Waals surface area contributed by atoms with Gasteiger partial charge in [-0.2, -0.15) is 0 Å². The molecule has 0 radical (unpaired) electrons. The first kappa shape index (κ1) is 22.4. The van der Waals surface area contributed by atoms with Crippen LogP contribution in [0.15, 0.2) is 47.4 Å². The molecule has 0 bridgehead atoms. The highest BCUT2D eigenvalue weighted by molar-refractivity contribution is 7.89. The van der Waals surface area contributed by atoms with Gasteiger partial charge in [-0.3, -0.25) is 4.79 Å². The maximum atomic E-state index is 14.0. The largest absolute Gasteiger partial charge is 0.369 e. The number of hydrogen-bond acceptors (Lipinski definition) is 5. The van der Waals surface area contributed by atoms with Gasteiger partial charge in [0.1, 0.15) is 5.82 Å². The topological polar surface area (TPSA) is 69.7 Å². The van der Waals surface area contributed by atoms with Crippen LogP contribution in [0.4, 0.5) is 10.1 Å². The molecule has 1 saturated heterocycles. The molecule has 162 valence electrons. The molecule has 0 saturated carbocycles. The number of carbonyl (C=O) groups is 1. The molecule has 3 rings (SSSR count). The van der Waals surface area contributed by atoms with Crippen molar-refractivity contribution in [2.45, 2.75) is 31.7 Å². The lowest BCUT2D eigenvalue weighted by Gasteiger charge is -2.37. The van der Waals surface area contributed by atoms with Crippen molar-refractivity contribution in [3.8, 4) is 0 Å². The van der Waals surface area contributed by atoms with Crippen LogP contribution in [0.2, 0.25) is 0 Å². The van der Waals surface area contributed by atoms with Crippen LogP contribution in [0, 0.1) is 5.82 Å². The molecular formula is C22H28FN3O3S. The van der Waals surface area contributed by atoms with E-state index >= 15 is 0 Å². The molecule has 2 aromatic carbocycles. The fourth-order valence-electron chi connectivity index (χ4n) is 3.71. The smallest absolute Gasteiger partial charge is 0.241 e. The molecule has 6 nitrogen and oxygen atoms in total. The number of piperazine rings is 1. The summed E-state index contributed by atoms with van der Waals surface area (Å²) in [5.74, 6) is -0.621. The van der Waals surface area contributed by atoms with Crippen LogP contribution in [-0.2, 0) is 10.0 Å². The molecule has 1 heterocycles. The number of halogens is 1. The Labute approximate surface area is 177 Å². The van der Waals surface area contributed by atoms with Gasteiger partial charge in [0.05, 0.1) is 4.90 Å². The Morgan fingerprint density at radius 1 is 1.13 bits per heavy atom. The summed E-state index contributed by atoms with van der Waals surface area (Å²) in [6, 6.07) is 9.77. The van der Waals surface area contributed by atoms with E-state index in [1.807, 2.05) is 0 Å². The third-order valence-corrected chi connectivity index (χ3v) is 7.04. The second kappa shape index (κ2) is 9.24. The van der Waals surface area contributed by atoms with E-state index in [1.54, 1.807) is 19.1 Å². The number of likely N-dealkylation sites (N-methyl/N-ethyl adjacent to an activating group) is 1. The standard InChI is InChI=1S/C22H28FN3O3S/c1-4-25-10-12-26(13-11-25)22-9-8-19(23)15-21(22)16(2)24-30(28,29)20-7-5-6-18(14-20)17(3)27/h5-9,14-16,24H,4,10-13H2,1-3H3/t16-/m0/s1. The second-order valence-electron chi connectivity index (χ2n) is 7.55. The molecule has 1 atom stereocenters. The zero-order chi connectivity index (χ0) is 21.9. The predicted molar refractivity (Wildman–Crippen MR) is 116 cm³/mol. The Bertz CT molecular complexity index is 1020. The number of anilines is 1. The minimum atomic E-state index is -3.89. The number of rotatable bonds is 7. The van der Waals surface area contributed by atoms with Crippen LogP contribution in [0.3, 0.4) is 0 Å². The van der Waals surface area contributed by atoms with Crippen LogP contribution in [0.25, 0.3) is 0 Å². The maximum Gasteiger partial charge on any atom is 0.241 e. The quantitative estimate of drug-likeness (QED) is 0.679. The zero-order valence-corrected chi connectivity index (χ0v) is 18.4. The summed E-state index contributed by atoms with van der Waals surface area (Å²) in [4.78, 5) is 16.1. The van der Waals surface area contributed by atoms with Crippen LogP contribution >= 0.6 is 0 Å². The van der Waals surface area contributed by atoms with Crippen molar-refractivity contribution in [1.82, 2.24) is 9.62 Å². The minimum absolute atomic E-state index is 0.0107. The summed E-state index contributed by atoms with van der Waals surface area (Å²) < 4.78 is 42.5. The van der Waals surface area contributed by atoms with Crippen molar-refractivity contribution in [1.29, 1.82) is 0 Å². The van der Waals surface area contributed by atoms with E-state index in [-0.39, 0.29) is 10.7 Å². The van der Waals surface area contributed by atoms with E-state index in [9.17, 15) is 17.6 Å². The molecule has 0 aliphatic carbocycles. The van der Waals surface area contributed by atoms with Gasteiger partial charge < -0.3 is 9.80 Å². The van der Waals surface area contributed by atoms with E-state index in [0.29, 0.717) is 11.1 Å². The Kier molecular flexibility index (Phi) is 6.90. The number of benzene rings is 2. The van der Waals surface area contributed by atoms with Crippen molar-refractivity contribution in [3.63, 3.8) is 0 Å². The molecule has 8 heteroatoms. The number of ketones is 1. The van der Waals surface area contributed by atoms with Crippen molar-refractivity contribution >= 4 is 21.5 Å². The summed E-state index contributed by atoms with van der Waals surface area (Å²) in [5.41, 5.74) is 1.75. The molecule has 1 N–H and O–H groups in total. The molecule has 2 aromatic rings. The molecule has 30 heavy (non-hydrogen) atoms. The highest BCUT2D eigenvalue weighted by atomic mass is 32.2. The van der Waals surface area contributed by atoms with E-state index in [2.05, 4.69) is 21.4 Å². The van der Waals surface area contributed by atoms with Gasteiger partial charge in [-0.15, -0.1) is 0 Å². The predicted octanol–water partition coefficient (Wildman–Crippen LogP) is 3.21. The summed E-state index contributed by atoms with van der Waals surface area (Å²) in [5, 5.41) is 0. The van der Waals surface area contributed by atoms with Gasteiger partial charge in [0.15, 0.2) is 5.78 Å². The Hall–Kier alpha value is -2.29. The van der Waals surface area contributed by atoms with Crippen molar-refractivity contribution in [3.05, 3.63) is 59.4 Å². The molecule has 1 aliphatic heterocycles. The van der Waals surface area contributed by atoms with E-state index < -0.39 is 21.9 Å². The fourth-order valence-corrected chi connectivity index (χ4v) is 4.98. The van der Waals surface area contributed by atoms with Gasteiger partial charge in [0.2, 0.25) is 10.0 Å². The molecular weight excluding hydrogens is 405 g/mol. The normalized spacial score (nSPS) is 16.5. The first-order valence-electron chi connectivity index (χ1n) is 10.1. The molecule has 1 aliphatic rings. The zero-order valence-electron chi connectivity index (χ0n) is 17.6. The second-order valence-corrected chi connectivity index (χ2v) is 9.27. The summed E-state index contributed by atoms with van der Waals surface area (Å²) >= 11 is 0. The number of sulfonamides is 1. The minimum Gasteiger partial charge on any atom is -0.369 e. The first-order chi connectivity index (χ1) is 14.2. The molecule has 0 amide bonds. The first-order valence-corrected chi connectivity index (χ1v) is 11.6. The van der Waals surface area contributed by atoms with Crippen LogP contribution < -0.4 is 9.62 Å². The number of nitrogens with one attached hydrogen (secondary N) is 1. The fraction of sp³-hybridized carbons (Fsp3) is 0.409. The molecule has 1 fully saturated rings. The SMILES string of the molecule is CCN1CCN(c2ccc(F)cc2[C@H](C)NS(=O)(=O)c2cccc(C(C)=O)c2)CC1. The summed E-state index contributed by atoms with van der Waals surface area (Å²) in [6.07, 6.45) is 0. The number of Topliss-reactive ketones (excluding diaryl/α,β-unsaturated/α-hetero) is 1. The Morgan fingerprint density at radius 3 is 2.47 bits per heavy atom. The average Bonchev–Trinajstić information content (AvgIpc) is 2.73. The number of carbonyl (C=O) groups excluding carboxylic acids is 1. The highest BCUT2D eigenvalue weighted by Gasteiger charge is 2.24. The monoisotopic (exact) mass is 433 g/mol. The Morgan fingerprint density at radius 2 is 1.83 bits per heavy atom.